The number of rotatable bonds is 6. The van der Waals surface area contributed by atoms with Crippen molar-refractivity contribution in [1.82, 2.24) is 10.6 Å². The molecule has 0 heterocycles. The standard InChI is InChI=1S/C9H13Cl3N2O5/c1-2-18-7(16)4-13-6(15)3-14-8(17)19-5-9(10,11)12/h2-5H2,1H3,(H,13,15)(H,14,17). The summed E-state index contributed by atoms with van der Waals surface area (Å²) in [5, 5.41) is 4.34. The summed E-state index contributed by atoms with van der Waals surface area (Å²) in [7, 11) is 0. The molecule has 10 heteroatoms. The summed E-state index contributed by atoms with van der Waals surface area (Å²) in [5.74, 6) is -1.16. The Hall–Kier alpha value is -0.920. The van der Waals surface area contributed by atoms with E-state index in [0.717, 1.165) is 0 Å². The minimum Gasteiger partial charge on any atom is -0.465 e. The van der Waals surface area contributed by atoms with Crippen LogP contribution in [0.15, 0.2) is 0 Å². The zero-order valence-electron chi connectivity index (χ0n) is 10.0. The Kier molecular flexibility index (Phi) is 8.62. The molecule has 0 bridgehead atoms. The summed E-state index contributed by atoms with van der Waals surface area (Å²) in [6, 6.07) is 0. The van der Waals surface area contributed by atoms with Gasteiger partial charge in [0.1, 0.15) is 19.7 Å². The van der Waals surface area contributed by atoms with Crippen molar-refractivity contribution in [1.29, 1.82) is 0 Å². The molecule has 0 aliphatic rings. The second-order valence-corrected chi connectivity index (χ2v) is 5.64. The second kappa shape index (κ2) is 9.06. The van der Waals surface area contributed by atoms with Crippen LogP contribution in [0.5, 0.6) is 0 Å². The minimum absolute atomic E-state index is 0.219. The van der Waals surface area contributed by atoms with Gasteiger partial charge in [-0.25, -0.2) is 4.79 Å². The molecule has 2 N–H and O–H groups in total. The van der Waals surface area contributed by atoms with E-state index < -0.39 is 28.4 Å². The Balaban J connectivity index is 3.73. The summed E-state index contributed by atoms with van der Waals surface area (Å²) in [4.78, 5) is 33.1. The fraction of sp³-hybridized carbons (Fsp3) is 0.667. The van der Waals surface area contributed by atoms with Crippen molar-refractivity contribution in [2.45, 2.75) is 10.7 Å². The van der Waals surface area contributed by atoms with Gasteiger partial charge in [-0.1, -0.05) is 34.8 Å². The van der Waals surface area contributed by atoms with Crippen LogP contribution in [0.1, 0.15) is 6.92 Å². The number of hydrogen-bond acceptors (Lipinski definition) is 5. The van der Waals surface area contributed by atoms with Crippen LogP contribution in [0, 0.1) is 0 Å². The van der Waals surface area contributed by atoms with Crippen LogP contribution in [0.2, 0.25) is 0 Å². The smallest absolute Gasteiger partial charge is 0.407 e. The minimum atomic E-state index is -1.72. The van der Waals surface area contributed by atoms with Crippen molar-refractivity contribution < 1.29 is 23.9 Å². The summed E-state index contributed by atoms with van der Waals surface area (Å²) in [6.45, 7) is 0.752. The normalized spacial score (nSPS) is 10.5. The van der Waals surface area contributed by atoms with Crippen molar-refractivity contribution in [3.05, 3.63) is 0 Å². The zero-order chi connectivity index (χ0) is 14.9. The first-order valence-corrected chi connectivity index (χ1v) is 6.27. The number of alkyl carbamates (subject to hydrolysis) is 1. The third-order valence-electron chi connectivity index (χ3n) is 1.50. The molecule has 0 saturated carbocycles. The van der Waals surface area contributed by atoms with Gasteiger partial charge in [-0.15, -0.1) is 0 Å². The monoisotopic (exact) mass is 334 g/mol. The number of alkyl halides is 3. The number of esters is 1. The molecule has 0 fully saturated rings. The van der Waals surface area contributed by atoms with E-state index in [1.54, 1.807) is 6.92 Å². The lowest BCUT2D eigenvalue weighted by atomic mass is 10.5. The molecule has 0 rings (SSSR count). The Morgan fingerprint density at radius 2 is 1.68 bits per heavy atom. The molecule has 0 aromatic heterocycles. The van der Waals surface area contributed by atoms with E-state index in [-0.39, 0.29) is 19.7 Å². The Morgan fingerprint density at radius 3 is 2.21 bits per heavy atom. The van der Waals surface area contributed by atoms with Crippen molar-refractivity contribution in [3.63, 3.8) is 0 Å². The Bertz CT molecular complexity index is 332. The molecule has 0 spiro atoms. The van der Waals surface area contributed by atoms with Gasteiger partial charge >= 0.3 is 12.1 Å². The fourth-order valence-corrected chi connectivity index (χ4v) is 0.960. The summed E-state index contributed by atoms with van der Waals surface area (Å²) in [6.07, 6.45) is -0.919. The Labute approximate surface area is 124 Å². The molecule has 19 heavy (non-hydrogen) atoms. The number of carbonyl (C=O) groups is 3. The van der Waals surface area contributed by atoms with Gasteiger partial charge in [0.25, 0.3) is 0 Å². The molecule has 0 aromatic rings. The number of carbonyl (C=O) groups excluding carboxylic acids is 3. The van der Waals surface area contributed by atoms with Crippen LogP contribution in [-0.4, -0.2) is 48.1 Å². The Morgan fingerprint density at radius 1 is 1.05 bits per heavy atom. The quantitative estimate of drug-likeness (QED) is 0.552. The van der Waals surface area contributed by atoms with E-state index in [4.69, 9.17) is 34.8 Å². The molecule has 7 nitrogen and oxygen atoms in total. The lowest BCUT2D eigenvalue weighted by molar-refractivity contribution is -0.143. The third-order valence-corrected chi connectivity index (χ3v) is 1.82. The van der Waals surface area contributed by atoms with E-state index in [1.165, 1.54) is 0 Å². The summed E-state index contributed by atoms with van der Waals surface area (Å²) < 4.78 is 7.37. The fourth-order valence-electron chi connectivity index (χ4n) is 0.796. The first-order valence-electron chi connectivity index (χ1n) is 5.14. The zero-order valence-corrected chi connectivity index (χ0v) is 12.3. The largest absolute Gasteiger partial charge is 0.465 e. The molecule has 2 amide bonds. The highest BCUT2D eigenvalue weighted by Crippen LogP contribution is 2.25. The van der Waals surface area contributed by atoms with Crippen LogP contribution in [0.3, 0.4) is 0 Å². The molecule has 110 valence electrons. The maximum absolute atomic E-state index is 11.2. The highest BCUT2D eigenvalue weighted by atomic mass is 35.6. The maximum Gasteiger partial charge on any atom is 0.407 e. The van der Waals surface area contributed by atoms with Gasteiger partial charge in [-0.3, -0.25) is 9.59 Å². The first-order chi connectivity index (χ1) is 8.74. The lowest BCUT2D eigenvalue weighted by Gasteiger charge is -2.11. The lowest BCUT2D eigenvalue weighted by Crippen LogP contribution is -2.40. The van der Waals surface area contributed by atoms with Gasteiger partial charge in [0, 0.05) is 0 Å². The van der Waals surface area contributed by atoms with Crippen molar-refractivity contribution in [3.8, 4) is 0 Å². The molecule has 0 atom stereocenters. The number of ether oxygens (including phenoxy) is 2. The van der Waals surface area contributed by atoms with Crippen molar-refractivity contribution in [2.24, 2.45) is 0 Å². The molecule has 0 aliphatic heterocycles. The number of nitrogens with one attached hydrogen (secondary N) is 2. The maximum atomic E-state index is 11.2. The highest BCUT2D eigenvalue weighted by molar-refractivity contribution is 6.67. The van der Waals surface area contributed by atoms with Crippen LogP contribution in [0.25, 0.3) is 0 Å². The molecule has 0 aliphatic carbocycles. The average Bonchev–Trinajstić information content (AvgIpc) is 2.30. The van der Waals surface area contributed by atoms with Crippen molar-refractivity contribution >= 4 is 52.8 Å². The van der Waals surface area contributed by atoms with E-state index >= 15 is 0 Å². The van der Waals surface area contributed by atoms with Gasteiger partial charge in [-0.05, 0) is 6.92 Å². The molecule has 0 aromatic carbocycles. The van der Waals surface area contributed by atoms with Gasteiger partial charge < -0.3 is 20.1 Å². The number of amides is 2. The SMILES string of the molecule is CCOC(=O)CNC(=O)CNC(=O)OCC(Cl)(Cl)Cl. The molecular weight excluding hydrogens is 322 g/mol. The molecule has 0 unspecified atom stereocenters. The third kappa shape index (κ3) is 11.9. The highest BCUT2D eigenvalue weighted by Gasteiger charge is 2.22. The van der Waals surface area contributed by atoms with Gasteiger partial charge in [0.05, 0.1) is 6.61 Å². The van der Waals surface area contributed by atoms with Crippen LogP contribution in [0.4, 0.5) is 4.79 Å². The van der Waals surface area contributed by atoms with Crippen LogP contribution >= 0.6 is 34.8 Å². The van der Waals surface area contributed by atoms with E-state index in [2.05, 4.69) is 20.1 Å². The van der Waals surface area contributed by atoms with Gasteiger partial charge in [-0.2, -0.15) is 0 Å². The van der Waals surface area contributed by atoms with Crippen LogP contribution in [-0.2, 0) is 19.1 Å². The van der Waals surface area contributed by atoms with Gasteiger partial charge in [0.2, 0.25) is 9.70 Å². The average molecular weight is 336 g/mol. The number of halogens is 3. The predicted octanol–water partition coefficient (Wildman–Crippen LogP) is 0.762. The molecule has 0 radical (unpaired) electrons. The number of hydrogen-bond donors (Lipinski definition) is 2. The predicted molar refractivity (Wildman–Crippen MR) is 69.3 cm³/mol. The van der Waals surface area contributed by atoms with E-state index in [1.807, 2.05) is 0 Å². The van der Waals surface area contributed by atoms with Crippen LogP contribution < -0.4 is 10.6 Å². The first kappa shape index (κ1) is 18.1. The van der Waals surface area contributed by atoms with E-state index in [9.17, 15) is 14.4 Å². The molecular formula is C9H13Cl3N2O5. The van der Waals surface area contributed by atoms with E-state index in [0.29, 0.717) is 0 Å². The summed E-state index contributed by atoms with van der Waals surface area (Å²) >= 11 is 16.0. The summed E-state index contributed by atoms with van der Waals surface area (Å²) in [5.41, 5.74) is 0. The second-order valence-electron chi connectivity index (χ2n) is 3.13. The molecule has 0 saturated heterocycles. The topological polar surface area (TPSA) is 93.7 Å². The van der Waals surface area contributed by atoms with Gasteiger partial charge in [0.15, 0.2) is 0 Å². The van der Waals surface area contributed by atoms with Crippen molar-refractivity contribution in [2.75, 3.05) is 26.3 Å².